The second kappa shape index (κ2) is 6.75. The Bertz CT molecular complexity index is 785. The molecule has 0 aliphatic carbocycles. The van der Waals surface area contributed by atoms with E-state index in [0.29, 0.717) is 11.7 Å². The highest BCUT2D eigenvalue weighted by Gasteiger charge is 2.12. The van der Waals surface area contributed by atoms with E-state index >= 15 is 0 Å². The molecule has 0 aliphatic rings. The van der Waals surface area contributed by atoms with Gasteiger partial charge in [0.1, 0.15) is 0 Å². The van der Waals surface area contributed by atoms with Gasteiger partial charge in [-0.2, -0.15) is 4.68 Å². The summed E-state index contributed by atoms with van der Waals surface area (Å²) < 4.78 is 2.35. The minimum Gasteiger partial charge on any atom is -0.387 e. The molecule has 0 saturated heterocycles. The summed E-state index contributed by atoms with van der Waals surface area (Å²) in [6.07, 6.45) is 0. The highest BCUT2D eigenvalue weighted by Crippen LogP contribution is 2.16. The second-order valence-electron chi connectivity index (χ2n) is 4.28. The average Bonchev–Trinajstić information content (AvgIpc) is 3.13. The van der Waals surface area contributed by atoms with Crippen molar-refractivity contribution >= 4 is 33.1 Å². The summed E-state index contributed by atoms with van der Waals surface area (Å²) in [5, 5.41) is 17.6. The molecule has 9 heteroatoms. The van der Waals surface area contributed by atoms with Crippen LogP contribution in [0.1, 0.15) is 17.1 Å². The Kier molecular flexibility index (Phi) is 4.54. The van der Waals surface area contributed by atoms with Crippen molar-refractivity contribution in [3.05, 3.63) is 56.7 Å². The lowest BCUT2D eigenvalue weighted by molar-refractivity contribution is 0.127. The van der Waals surface area contributed by atoms with Crippen LogP contribution in [0.5, 0.6) is 0 Å². The minimum absolute atomic E-state index is 0.277. The molecule has 3 rings (SSSR count). The fraction of sp³-hybridized carbons (Fsp3) is 0.154. The Labute approximate surface area is 138 Å². The highest BCUT2D eigenvalue weighted by molar-refractivity contribution is 9.11. The molecule has 0 atom stereocenters. The van der Waals surface area contributed by atoms with Crippen molar-refractivity contribution < 1.29 is 4.84 Å². The number of rotatable bonds is 4. The summed E-state index contributed by atoms with van der Waals surface area (Å²) in [6, 6.07) is 9.61. The lowest BCUT2D eigenvalue weighted by Gasteiger charge is -2.06. The van der Waals surface area contributed by atoms with Gasteiger partial charge in [-0.05, 0) is 33.3 Å². The van der Waals surface area contributed by atoms with Gasteiger partial charge < -0.3 is 4.84 Å². The second-order valence-corrected chi connectivity index (χ2v) is 6.42. The van der Waals surface area contributed by atoms with Crippen LogP contribution in [0, 0.1) is 6.92 Å². The molecule has 0 saturated carbocycles. The molecule has 0 aliphatic heterocycles. The zero-order chi connectivity index (χ0) is 15.4. The Morgan fingerprint density at radius 1 is 1.36 bits per heavy atom. The molecule has 0 amide bonds. The summed E-state index contributed by atoms with van der Waals surface area (Å²) >= 11 is 4.82. The summed E-state index contributed by atoms with van der Waals surface area (Å²) in [7, 11) is 0. The predicted molar refractivity (Wildman–Crippen MR) is 85.5 cm³/mol. The lowest BCUT2D eigenvalue weighted by Crippen LogP contribution is -2.17. The van der Waals surface area contributed by atoms with Gasteiger partial charge in [0.25, 0.3) is 0 Å². The third kappa shape index (κ3) is 3.37. The maximum absolute atomic E-state index is 5.42. The van der Waals surface area contributed by atoms with Gasteiger partial charge in [0.15, 0.2) is 16.3 Å². The number of thiazole rings is 1. The van der Waals surface area contributed by atoms with Crippen molar-refractivity contribution in [3.8, 4) is 0 Å². The number of hydrogen-bond donors (Lipinski definition) is 0. The Balaban J connectivity index is 1.85. The van der Waals surface area contributed by atoms with Crippen LogP contribution in [0.25, 0.3) is 0 Å². The van der Waals surface area contributed by atoms with Gasteiger partial charge >= 0.3 is 0 Å². The molecule has 3 aromatic rings. The summed E-state index contributed by atoms with van der Waals surface area (Å²) in [4.78, 5) is 9.68. The van der Waals surface area contributed by atoms with Gasteiger partial charge in [-0.1, -0.05) is 35.5 Å². The summed E-state index contributed by atoms with van der Waals surface area (Å²) in [6.45, 7) is 2.08. The van der Waals surface area contributed by atoms with Crippen molar-refractivity contribution in [2.75, 3.05) is 0 Å². The quantitative estimate of drug-likeness (QED) is 0.396. The van der Waals surface area contributed by atoms with Gasteiger partial charge in [0, 0.05) is 10.9 Å². The molecule has 7 nitrogen and oxygen atoms in total. The van der Waals surface area contributed by atoms with E-state index in [2.05, 4.69) is 41.6 Å². The summed E-state index contributed by atoms with van der Waals surface area (Å²) in [5.41, 5.74) is 1.67. The topological polar surface area (TPSA) is 78.1 Å². The Morgan fingerprint density at radius 2 is 2.18 bits per heavy atom. The molecule has 0 radical (unpaired) electrons. The smallest absolute Gasteiger partial charge is 0.203 e. The van der Waals surface area contributed by atoms with Crippen LogP contribution in [0.2, 0.25) is 0 Å². The molecule has 2 heterocycles. The van der Waals surface area contributed by atoms with Crippen LogP contribution in [0.4, 0.5) is 0 Å². The largest absolute Gasteiger partial charge is 0.387 e. The molecule has 1 aromatic carbocycles. The third-order valence-corrected chi connectivity index (χ3v) is 4.16. The number of benzene rings is 1. The van der Waals surface area contributed by atoms with Crippen LogP contribution >= 0.6 is 27.3 Å². The number of halogens is 1. The summed E-state index contributed by atoms with van der Waals surface area (Å²) in [5.74, 6) is 1.15. The average molecular weight is 379 g/mol. The number of aryl methyl sites for hydroxylation is 1. The van der Waals surface area contributed by atoms with E-state index < -0.39 is 0 Å². The Morgan fingerprint density at radius 3 is 2.82 bits per heavy atom. The first kappa shape index (κ1) is 14.8. The fourth-order valence-corrected chi connectivity index (χ4v) is 2.77. The molecule has 0 N–H and O–H groups in total. The maximum Gasteiger partial charge on any atom is 0.203 e. The minimum atomic E-state index is 0.277. The number of hydrogen-bond acceptors (Lipinski definition) is 7. The highest BCUT2D eigenvalue weighted by atomic mass is 79.9. The first-order chi connectivity index (χ1) is 10.7. The third-order valence-electron chi connectivity index (χ3n) is 2.75. The van der Waals surface area contributed by atoms with Crippen LogP contribution in [0.15, 0.2) is 44.8 Å². The molecule has 0 spiro atoms. The molecule has 0 fully saturated rings. The van der Waals surface area contributed by atoms with Crippen molar-refractivity contribution in [1.29, 1.82) is 0 Å². The molecule has 2 aromatic heterocycles. The van der Waals surface area contributed by atoms with E-state index in [-0.39, 0.29) is 6.61 Å². The maximum atomic E-state index is 5.42. The Hall–Kier alpha value is -2.13. The van der Waals surface area contributed by atoms with Gasteiger partial charge in [0.2, 0.25) is 5.84 Å². The van der Waals surface area contributed by atoms with E-state index in [1.54, 1.807) is 6.92 Å². The molecular formula is C13H11BrN6OS. The van der Waals surface area contributed by atoms with Crippen LogP contribution in [0.3, 0.4) is 0 Å². The van der Waals surface area contributed by atoms with Crippen LogP contribution < -0.4 is 0 Å². The van der Waals surface area contributed by atoms with Gasteiger partial charge in [0.05, 0.1) is 5.69 Å². The van der Waals surface area contributed by atoms with Crippen molar-refractivity contribution in [2.45, 2.75) is 13.5 Å². The molecule has 0 bridgehead atoms. The van der Waals surface area contributed by atoms with Gasteiger partial charge in [-0.25, -0.2) is 4.98 Å². The van der Waals surface area contributed by atoms with Gasteiger partial charge in [-0.15, -0.1) is 16.4 Å². The first-order valence-electron chi connectivity index (χ1n) is 6.34. The van der Waals surface area contributed by atoms with Crippen LogP contribution in [-0.2, 0) is 11.4 Å². The van der Waals surface area contributed by atoms with E-state index in [1.165, 1.54) is 16.0 Å². The number of nitrogens with zero attached hydrogens (tertiary/aromatic N) is 6. The fourth-order valence-electron chi connectivity index (χ4n) is 1.74. The normalized spacial score (nSPS) is 11.6. The lowest BCUT2D eigenvalue weighted by atomic mass is 10.2. The van der Waals surface area contributed by atoms with E-state index in [9.17, 15) is 0 Å². The van der Waals surface area contributed by atoms with Gasteiger partial charge in [-0.3, -0.25) is 0 Å². The number of oxime groups is 1. The zero-order valence-electron chi connectivity index (χ0n) is 11.5. The number of tetrazole rings is 1. The SMILES string of the molecule is Cc1nnnn1C(=NOCc1csc(Br)n1)c1ccccc1. The van der Waals surface area contributed by atoms with E-state index in [0.717, 1.165) is 15.2 Å². The van der Waals surface area contributed by atoms with Crippen molar-refractivity contribution in [3.63, 3.8) is 0 Å². The van der Waals surface area contributed by atoms with E-state index in [4.69, 9.17) is 4.84 Å². The molecular weight excluding hydrogens is 368 g/mol. The van der Waals surface area contributed by atoms with E-state index in [1.807, 2.05) is 35.7 Å². The number of aromatic nitrogens is 5. The molecule has 0 unspecified atom stereocenters. The first-order valence-corrected chi connectivity index (χ1v) is 8.02. The molecule has 22 heavy (non-hydrogen) atoms. The predicted octanol–water partition coefficient (Wildman–Crippen LogP) is 2.63. The molecule has 112 valence electrons. The van der Waals surface area contributed by atoms with Crippen molar-refractivity contribution in [2.24, 2.45) is 5.16 Å². The monoisotopic (exact) mass is 378 g/mol. The zero-order valence-corrected chi connectivity index (χ0v) is 14.0. The van der Waals surface area contributed by atoms with Crippen LogP contribution in [-0.4, -0.2) is 31.0 Å². The van der Waals surface area contributed by atoms with Crippen molar-refractivity contribution in [1.82, 2.24) is 25.2 Å². The standard InChI is InChI=1S/C13H11BrN6OS/c1-9-16-18-19-20(9)12(10-5-3-2-4-6-10)17-21-7-11-8-22-13(14)15-11/h2-6,8H,7H2,1H3.